The monoisotopic (exact) mass is 319 g/mol. The number of hydrogen-bond donors (Lipinski definition) is 0. The van der Waals surface area contributed by atoms with E-state index >= 15 is 0 Å². The molecule has 0 spiro atoms. The first-order valence-electron chi connectivity index (χ1n) is 8.30. The zero-order valence-corrected chi connectivity index (χ0v) is 13.7. The molecule has 0 N–H and O–H groups in total. The molecule has 0 aliphatic carbocycles. The van der Waals surface area contributed by atoms with E-state index in [2.05, 4.69) is 0 Å². The maximum atomic E-state index is 12.6. The van der Waals surface area contributed by atoms with E-state index < -0.39 is 0 Å². The molecule has 1 fully saturated rings. The van der Waals surface area contributed by atoms with Crippen molar-refractivity contribution in [3.05, 3.63) is 35.9 Å². The summed E-state index contributed by atoms with van der Waals surface area (Å²) in [6, 6.07) is 10.0. The predicted octanol–water partition coefficient (Wildman–Crippen LogP) is 2.19. The molecule has 0 bridgehead atoms. The predicted molar refractivity (Wildman–Crippen MR) is 87.0 cm³/mol. The fourth-order valence-electron chi connectivity index (χ4n) is 2.68. The van der Waals surface area contributed by atoms with Crippen LogP contribution in [-0.2, 0) is 25.5 Å². The van der Waals surface area contributed by atoms with Gasteiger partial charge in [-0.05, 0) is 31.7 Å². The number of nitrogens with zero attached hydrogens (tertiary/aromatic N) is 1. The number of amides is 1. The van der Waals surface area contributed by atoms with E-state index in [-0.39, 0.29) is 24.4 Å². The van der Waals surface area contributed by atoms with Gasteiger partial charge in [0.25, 0.3) is 5.91 Å². The number of rotatable bonds is 8. The molecule has 126 valence electrons. The minimum absolute atomic E-state index is 0.0114. The number of ether oxygens (including phenoxy) is 2. The van der Waals surface area contributed by atoms with Gasteiger partial charge in [-0.15, -0.1) is 0 Å². The minimum Gasteiger partial charge on any atom is -0.466 e. The lowest BCUT2D eigenvalue weighted by Crippen LogP contribution is -2.41. The molecule has 2 rings (SSSR count). The van der Waals surface area contributed by atoms with Crippen LogP contribution in [0, 0.1) is 0 Å². The number of esters is 1. The number of carbonyl (C=O) groups is 2. The van der Waals surface area contributed by atoms with E-state index in [9.17, 15) is 9.59 Å². The zero-order chi connectivity index (χ0) is 16.5. The average Bonchev–Trinajstić information content (AvgIpc) is 3.10. The van der Waals surface area contributed by atoms with Gasteiger partial charge < -0.3 is 14.4 Å². The molecule has 1 atom stereocenters. The molecule has 1 aliphatic rings. The number of carbonyl (C=O) groups excluding carboxylic acids is 2. The lowest BCUT2D eigenvalue weighted by atomic mass is 10.1. The molecule has 1 unspecified atom stereocenters. The highest BCUT2D eigenvalue weighted by molar-refractivity contribution is 5.81. The van der Waals surface area contributed by atoms with Gasteiger partial charge in [-0.1, -0.05) is 30.3 Å². The molecule has 1 aliphatic heterocycles. The van der Waals surface area contributed by atoms with Crippen molar-refractivity contribution in [3.8, 4) is 0 Å². The second-order valence-electron chi connectivity index (χ2n) is 5.62. The Kier molecular flexibility index (Phi) is 7.07. The van der Waals surface area contributed by atoms with Crippen molar-refractivity contribution in [1.82, 2.24) is 4.90 Å². The Bertz CT molecular complexity index is 497. The third-order valence-corrected chi connectivity index (χ3v) is 3.92. The Morgan fingerprint density at radius 1 is 1.26 bits per heavy atom. The topological polar surface area (TPSA) is 55.8 Å². The third kappa shape index (κ3) is 5.67. The van der Waals surface area contributed by atoms with Crippen LogP contribution in [0.15, 0.2) is 30.3 Å². The van der Waals surface area contributed by atoms with Crippen molar-refractivity contribution in [3.63, 3.8) is 0 Å². The molecule has 5 heteroatoms. The van der Waals surface area contributed by atoms with Crippen molar-refractivity contribution < 1.29 is 19.1 Å². The van der Waals surface area contributed by atoms with E-state index in [1.807, 2.05) is 30.3 Å². The van der Waals surface area contributed by atoms with E-state index in [1.54, 1.807) is 11.8 Å². The number of benzene rings is 1. The van der Waals surface area contributed by atoms with Gasteiger partial charge in [-0.3, -0.25) is 9.59 Å². The SMILES string of the molecule is CCOC(=O)CCN(CCc1ccccc1)C(=O)C1CCCO1. The molecule has 5 nitrogen and oxygen atoms in total. The lowest BCUT2D eigenvalue weighted by Gasteiger charge is -2.25. The Morgan fingerprint density at radius 3 is 2.70 bits per heavy atom. The van der Waals surface area contributed by atoms with Gasteiger partial charge in [0.2, 0.25) is 0 Å². The maximum Gasteiger partial charge on any atom is 0.307 e. The van der Waals surface area contributed by atoms with Crippen LogP contribution >= 0.6 is 0 Å². The van der Waals surface area contributed by atoms with Gasteiger partial charge in [0.15, 0.2) is 0 Å². The average molecular weight is 319 g/mol. The largest absolute Gasteiger partial charge is 0.466 e. The zero-order valence-electron chi connectivity index (χ0n) is 13.7. The van der Waals surface area contributed by atoms with Crippen LogP contribution in [0.5, 0.6) is 0 Å². The number of hydrogen-bond acceptors (Lipinski definition) is 4. The third-order valence-electron chi connectivity index (χ3n) is 3.92. The van der Waals surface area contributed by atoms with Crippen molar-refractivity contribution >= 4 is 11.9 Å². The molecule has 23 heavy (non-hydrogen) atoms. The maximum absolute atomic E-state index is 12.6. The Labute approximate surface area is 137 Å². The minimum atomic E-state index is -0.354. The molecular weight excluding hydrogens is 294 g/mol. The Hall–Kier alpha value is -1.88. The first kappa shape index (κ1) is 17.5. The molecule has 1 heterocycles. The molecule has 1 amide bonds. The Balaban J connectivity index is 1.92. The van der Waals surface area contributed by atoms with Gasteiger partial charge in [-0.25, -0.2) is 0 Å². The summed E-state index contributed by atoms with van der Waals surface area (Å²) < 4.78 is 10.4. The van der Waals surface area contributed by atoms with Gasteiger partial charge >= 0.3 is 5.97 Å². The summed E-state index contributed by atoms with van der Waals surface area (Å²) >= 11 is 0. The van der Waals surface area contributed by atoms with Gasteiger partial charge in [0.05, 0.1) is 13.0 Å². The van der Waals surface area contributed by atoms with Crippen LogP contribution < -0.4 is 0 Å². The molecule has 0 radical (unpaired) electrons. The van der Waals surface area contributed by atoms with E-state index in [1.165, 1.54) is 5.56 Å². The molecule has 1 saturated heterocycles. The fourth-order valence-corrected chi connectivity index (χ4v) is 2.68. The standard InChI is InChI=1S/C18H25NO4/c1-2-22-17(20)11-13-19(18(21)16-9-6-14-23-16)12-10-15-7-4-3-5-8-15/h3-5,7-8,16H,2,6,9-14H2,1H3. The van der Waals surface area contributed by atoms with Crippen LogP contribution in [0.3, 0.4) is 0 Å². The lowest BCUT2D eigenvalue weighted by molar-refractivity contribution is -0.145. The second kappa shape index (κ2) is 9.30. The summed E-state index contributed by atoms with van der Waals surface area (Å²) in [5.41, 5.74) is 1.17. The molecule has 1 aromatic carbocycles. The van der Waals surface area contributed by atoms with Crippen molar-refractivity contribution in [2.45, 2.75) is 38.7 Å². The van der Waals surface area contributed by atoms with Crippen LogP contribution in [0.2, 0.25) is 0 Å². The van der Waals surface area contributed by atoms with E-state index in [4.69, 9.17) is 9.47 Å². The molecule has 1 aromatic rings. The fraction of sp³-hybridized carbons (Fsp3) is 0.556. The normalized spacial score (nSPS) is 17.0. The summed E-state index contributed by atoms with van der Waals surface area (Å²) in [5, 5.41) is 0. The Morgan fingerprint density at radius 2 is 2.04 bits per heavy atom. The van der Waals surface area contributed by atoms with Crippen LogP contribution in [0.4, 0.5) is 0 Å². The van der Waals surface area contributed by atoms with Gasteiger partial charge in [0, 0.05) is 19.7 Å². The highest BCUT2D eigenvalue weighted by atomic mass is 16.5. The first-order valence-corrected chi connectivity index (χ1v) is 8.30. The van der Waals surface area contributed by atoms with Crippen molar-refractivity contribution in [1.29, 1.82) is 0 Å². The van der Waals surface area contributed by atoms with Crippen LogP contribution in [0.25, 0.3) is 0 Å². The quantitative estimate of drug-likeness (QED) is 0.689. The molecule has 0 saturated carbocycles. The summed E-state index contributed by atoms with van der Waals surface area (Å²) in [4.78, 5) is 25.9. The van der Waals surface area contributed by atoms with E-state index in [0.717, 1.165) is 19.3 Å². The molecule has 0 aromatic heterocycles. The van der Waals surface area contributed by atoms with Crippen molar-refractivity contribution in [2.24, 2.45) is 0 Å². The second-order valence-corrected chi connectivity index (χ2v) is 5.62. The summed E-state index contributed by atoms with van der Waals surface area (Å²) in [5.74, 6) is -0.278. The smallest absolute Gasteiger partial charge is 0.307 e. The highest BCUT2D eigenvalue weighted by Crippen LogP contribution is 2.15. The van der Waals surface area contributed by atoms with Crippen LogP contribution in [0.1, 0.15) is 31.7 Å². The molecular formula is C18H25NO4. The highest BCUT2D eigenvalue weighted by Gasteiger charge is 2.28. The van der Waals surface area contributed by atoms with Crippen molar-refractivity contribution in [2.75, 3.05) is 26.3 Å². The van der Waals surface area contributed by atoms with E-state index in [0.29, 0.717) is 26.3 Å². The first-order chi connectivity index (χ1) is 11.2. The summed E-state index contributed by atoms with van der Waals surface area (Å²) in [6.45, 7) is 3.75. The van der Waals surface area contributed by atoms with Gasteiger partial charge in [0.1, 0.15) is 6.10 Å². The summed E-state index contributed by atoms with van der Waals surface area (Å²) in [7, 11) is 0. The van der Waals surface area contributed by atoms with Crippen LogP contribution in [-0.4, -0.2) is 49.2 Å². The van der Waals surface area contributed by atoms with Gasteiger partial charge in [-0.2, -0.15) is 0 Å². The summed E-state index contributed by atoms with van der Waals surface area (Å²) in [6.07, 6.45) is 2.32.